The summed E-state index contributed by atoms with van der Waals surface area (Å²) >= 11 is 2.94. The number of alkyl halides is 3. The zero-order chi connectivity index (χ0) is 15.2. The van der Waals surface area contributed by atoms with Crippen LogP contribution in [0.5, 0.6) is 5.75 Å². The molecule has 1 aromatic carbocycles. The van der Waals surface area contributed by atoms with Crippen LogP contribution in [0.3, 0.4) is 0 Å². The van der Waals surface area contributed by atoms with Crippen LogP contribution in [0.25, 0.3) is 0 Å². The second-order valence-corrected chi connectivity index (χ2v) is 4.40. The van der Waals surface area contributed by atoms with Gasteiger partial charge in [-0.25, -0.2) is 0 Å². The molecule has 0 saturated heterocycles. The third-order valence-electron chi connectivity index (χ3n) is 1.95. The van der Waals surface area contributed by atoms with Gasteiger partial charge < -0.3 is 10.1 Å². The van der Waals surface area contributed by atoms with Crippen molar-refractivity contribution >= 4 is 27.5 Å². The topological polar surface area (TPSA) is 50.4 Å². The number of carbonyl (C=O) groups excluding carboxylic acids is 1. The Labute approximate surface area is 121 Å². The van der Waals surface area contributed by atoms with Gasteiger partial charge in [0.25, 0.3) is 0 Å². The zero-order valence-electron chi connectivity index (χ0n) is 10.1. The SMILES string of the molecule is C#CCNCC(=O)Nc1ccc(OC(F)(F)F)c(Br)c1. The highest BCUT2D eigenvalue weighted by atomic mass is 79.9. The normalized spacial score (nSPS) is 10.8. The average molecular weight is 351 g/mol. The van der Waals surface area contributed by atoms with Crippen LogP contribution in [-0.4, -0.2) is 25.4 Å². The Hall–Kier alpha value is -1.72. The Bertz CT molecular complexity index is 526. The molecule has 4 nitrogen and oxygen atoms in total. The van der Waals surface area contributed by atoms with Crippen molar-refractivity contribution in [2.24, 2.45) is 0 Å². The van der Waals surface area contributed by atoms with Crippen LogP contribution in [-0.2, 0) is 4.79 Å². The van der Waals surface area contributed by atoms with Crippen LogP contribution in [0.2, 0.25) is 0 Å². The van der Waals surface area contributed by atoms with E-state index in [1.807, 2.05) is 0 Å². The molecule has 8 heteroatoms. The molecular formula is C12H10BrF3N2O2. The summed E-state index contributed by atoms with van der Waals surface area (Å²) in [5, 5.41) is 5.17. The predicted molar refractivity (Wildman–Crippen MR) is 71.2 cm³/mol. The van der Waals surface area contributed by atoms with Gasteiger partial charge in [0, 0.05) is 5.69 Å². The third kappa shape index (κ3) is 5.95. The van der Waals surface area contributed by atoms with Gasteiger partial charge in [0.2, 0.25) is 5.91 Å². The number of hydrogen-bond acceptors (Lipinski definition) is 3. The number of hydrogen-bond donors (Lipinski definition) is 2. The lowest BCUT2D eigenvalue weighted by atomic mass is 10.3. The highest BCUT2D eigenvalue weighted by molar-refractivity contribution is 9.10. The monoisotopic (exact) mass is 350 g/mol. The summed E-state index contributed by atoms with van der Waals surface area (Å²) in [6.45, 7) is 0.248. The first-order valence-corrected chi connectivity index (χ1v) is 6.10. The fourth-order valence-corrected chi connectivity index (χ4v) is 1.70. The van der Waals surface area contributed by atoms with Gasteiger partial charge in [-0.05, 0) is 34.1 Å². The van der Waals surface area contributed by atoms with Crippen LogP contribution in [0.1, 0.15) is 0 Å². The Kier molecular flexibility index (Phi) is 5.85. The Morgan fingerprint density at radius 1 is 1.45 bits per heavy atom. The van der Waals surface area contributed by atoms with Crippen LogP contribution in [0, 0.1) is 12.3 Å². The van der Waals surface area contributed by atoms with E-state index in [9.17, 15) is 18.0 Å². The number of amides is 1. The molecule has 108 valence electrons. The lowest BCUT2D eigenvalue weighted by molar-refractivity contribution is -0.274. The molecule has 0 heterocycles. The first-order valence-electron chi connectivity index (χ1n) is 5.31. The lowest BCUT2D eigenvalue weighted by Crippen LogP contribution is -2.28. The molecule has 0 aliphatic rings. The minimum Gasteiger partial charge on any atom is -0.405 e. The van der Waals surface area contributed by atoms with E-state index in [2.05, 4.69) is 37.2 Å². The van der Waals surface area contributed by atoms with Gasteiger partial charge >= 0.3 is 6.36 Å². The van der Waals surface area contributed by atoms with Crippen molar-refractivity contribution in [1.82, 2.24) is 5.32 Å². The van der Waals surface area contributed by atoms with Crippen molar-refractivity contribution in [2.75, 3.05) is 18.4 Å². The van der Waals surface area contributed by atoms with Gasteiger partial charge in [-0.1, -0.05) is 5.92 Å². The molecule has 1 rings (SSSR count). The summed E-state index contributed by atoms with van der Waals surface area (Å²) in [7, 11) is 0. The molecule has 1 amide bonds. The van der Waals surface area contributed by atoms with Gasteiger partial charge in [0.05, 0.1) is 17.6 Å². The van der Waals surface area contributed by atoms with Crippen LogP contribution >= 0.6 is 15.9 Å². The number of halogens is 4. The number of nitrogens with one attached hydrogen (secondary N) is 2. The summed E-state index contributed by atoms with van der Waals surface area (Å²) in [5.74, 6) is 1.55. The average Bonchev–Trinajstić information content (AvgIpc) is 2.31. The fourth-order valence-electron chi connectivity index (χ4n) is 1.24. The van der Waals surface area contributed by atoms with Crippen LogP contribution < -0.4 is 15.4 Å². The van der Waals surface area contributed by atoms with Crippen molar-refractivity contribution in [1.29, 1.82) is 0 Å². The molecule has 0 bridgehead atoms. The van der Waals surface area contributed by atoms with Crippen molar-refractivity contribution in [3.05, 3.63) is 22.7 Å². The Morgan fingerprint density at radius 3 is 2.70 bits per heavy atom. The highest BCUT2D eigenvalue weighted by Crippen LogP contribution is 2.32. The number of anilines is 1. The number of carbonyl (C=O) groups is 1. The maximum absolute atomic E-state index is 12.1. The molecule has 2 N–H and O–H groups in total. The maximum Gasteiger partial charge on any atom is 0.573 e. The van der Waals surface area contributed by atoms with E-state index in [1.54, 1.807) is 0 Å². The molecule has 0 radical (unpaired) electrons. The summed E-state index contributed by atoms with van der Waals surface area (Å²) < 4.78 is 40.1. The van der Waals surface area contributed by atoms with Crippen LogP contribution in [0.4, 0.5) is 18.9 Å². The van der Waals surface area contributed by atoms with E-state index < -0.39 is 6.36 Å². The van der Waals surface area contributed by atoms with E-state index in [-0.39, 0.29) is 29.2 Å². The van der Waals surface area contributed by atoms with Gasteiger partial charge in [0.1, 0.15) is 5.75 Å². The Morgan fingerprint density at radius 2 is 2.15 bits per heavy atom. The van der Waals surface area contributed by atoms with E-state index in [0.717, 1.165) is 6.07 Å². The third-order valence-corrected chi connectivity index (χ3v) is 2.57. The largest absolute Gasteiger partial charge is 0.573 e. The van der Waals surface area contributed by atoms with Crippen molar-refractivity contribution in [2.45, 2.75) is 6.36 Å². The van der Waals surface area contributed by atoms with Crippen molar-refractivity contribution in [3.8, 4) is 18.1 Å². The molecule has 1 aromatic rings. The van der Waals surface area contributed by atoms with Crippen molar-refractivity contribution in [3.63, 3.8) is 0 Å². The molecule has 0 aliphatic heterocycles. The first-order chi connectivity index (χ1) is 9.31. The maximum atomic E-state index is 12.1. The quantitative estimate of drug-likeness (QED) is 0.633. The van der Waals surface area contributed by atoms with Gasteiger partial charge in [-0.2, -0.15) is 0 Å². The summed E-state index contributed by atoms with van der Waals surface area (Å²) in [4.78, 5) is 11.4. The number of terminal acetylenes is 1. The second-order valence-electron chi connectivity index (χ2n) is 3.55. The summed E-state index contributed by atoms with van der Waals surface area (Å²) in [5.41, 5.74) is 0.332. The molecular weight excluding hydrogens is 341 g/mol. The summed E-state index contributed by atoms with van der Waals surface area (Å²) in [6.07, 6.45) is 0.227. The molecule has 0 fully saturated rings. The number of ether oxygens (including phenoxy) is 1. The van der Waals surface area contributed by atoms with Gasteiger partial charge in [-0.15, -0.1) is 19.6 Å². The minimum absolute atomic E-state index is 0.00260. The smallest absolute Gasteiger partial charge is 0.405 e. The fraction of sp³-hybridized carbons (Fsp3) is 0.250. The number of rotatable bonds is 5. The Balaban J connectivity index is 2.64. The van der Waals surface area contributed by atoms with Gasteiger partial charge in [0.15, 0.2) is 0 Å². The summed E-state index contributed by atoms with van der Waals surface area (Å²) in [6, 6.07) is 3.70. The zero-order valence-corrected chi connectivity index (χ0v) is 11.6. The standard InChI is InChI=1S/C12H10BrF3N2O2/c1-2-5-17-7-11(19)18-8-3-4-10(9(13)6-8)20-12(14,15)16/h1,3-4,6,17H,5,7H2,(H,18,19). The lowest BCUT2D eigenvalue weighted by Gasteiger charge is -2.12. The van der Waals surface area contributed by atoms with E-state index in [1.165, 1.54) is 12.1 Å². The van der Waals surface area contributed by atoms with Gasteiger partial charge in [-0.3, -0.25) is 10.1 Å². The molecule has 0 saturated carbocycles. The molecule has 20 heavy (non-hydrogen) atoms. The first kappa shape index (κ1) is 16.3. The van der Waals surface area contributed by atoms with E-state index in [4.69, 9.17) is 6.42 Å². The predicted octanol–water partition coefficient (Wildman–Crippen LogP) is 2.51. The molecule has 0 aliphatic carbocycles. The molecule has 0 atom stereocenters. The molecule has 0 aromatic heterocycles. The van der Waals surface area contributed by atoms with Crippen LogP contribution in [0.15, 0.2) is 22.7 Å². The van der Waals surface area contributed by atoms with E-state index >= 15 is 0 Å². The molecule has 0 unspecified atom stereocenters. The minimum atomic E-state index is -4.77. The molecule has 0 spiro atoms. The van der Waals surface area contributed by atoms with Crippen molar-refractivity contribution < 1.29 is 22.7 Å². The number of benzene rings is 1. The highest BCUT2D eigenvalue weighted by Gasteiger charge is 2.31. The second kappa shape index (κ2) is 7.17. The van der Waals surface area contributed by atoms with E-state index in [0.29, 0.717) is 5.69 Å².